The van der Waals surface area contributed by atoms with Crippen LogP contribution in [0.15, 0.2) is 52.1 Å². The molecule has 0 aliphatic carbocycles. The highest BCUT2D eigenvalue weighted by molar-refractivity contribution is 9.10. The van der Waals surface area contributed by atoms with Crippen LogP contribution in [0, 0.1) is 6.92 Å². The van der Waals surface area contributed by atoms with Crippen molar-refractivity contribution in [2.75, 3.05) is 19.6 Å². The minimum atomic E-state index is -0.126. The van der Waals surface area contributed by atoms with Crippen LogP contribution in [0.5, 0.6) is 0 Å². The molecular formula is C25H29BrN4O2. The van der Waals surface area contributed by atoms with Gasteiger partial charge in [-0.15, -0.1) is 0 Å². The van der Waals surface area contributed by atoms with Gasteiger partial charge in [-0.1, -0.05) is 46.2 Å². The van der Waals surface area contributed by atoms with Crippen LogP contribution >= 0.6 is 15.9 Å². The fraction of sp³-hybridized carbons (Fsp3) is 0.360. The molecule has 4 rings (SSSR count). The molecule has 3 aromatic rings. The van der Waals surface area contributed by atoms with Crippen molar-refractivity contribution in [1.29, 1.82) is 0 Å². The monoisotopic (exact) mass is 496 g/mol. The third-order valence-electron chi connectivity index (χ3n) is 6.16. The van der Waals surface area contributed by atoms with Crippen molar-refractivity contribution in [3.05, 3.63) is 70.2 Å². The Morgan fingerprint density at radius 3 is 2.88 bits per heavy atom. The zero-order valence-corrected chi connectivity index (χ0v) is 20.2. The van der Waals surface area contributed by atoms with Gasteiger partial charge in [0, 0.05) is 40.9 Å². The summed E-state index contributed by atoms with van der Waals surface area (Å²) in [4.78, 5) is 19.0. The van der Waals surface area contributed by atoms with E-state index in [4.69, 9.17) is 4.52 Å². The first-order chi connectivity index (χ1) is 15.4. The van der Waals surface area contributed by atoms with E-state index in [-0.39, 0.29) is 5.78 Å². The topological polar surface area (TPSA) is 74.2 Å². The van der Waals surface area contributed by atoms with Crippen molar-refractivity contribution in [3.63, 3.8) is 0 Å². The van der Waals surface area contributed by atoms with Crippen molar-refractivity contribution < 1.29 is 9.32 Å². The Hall–Kier alpha value is -2.64. The van der Waals surface area contributed by atoms with Gasteiger partial charge in [0.05, 0.1) is 17.0 Å². The number of likely N-dealkylation sites (tertiary alicyclic amines) is 1. The van der Waals surface area contributed by atoms with Gasteiger partial charge in [0.25, 0.3) is 0 Å². The van der Waals surface area contributed by atoms with Crippen LogP contribution in [0.2, 0.25) is 0 Å². The first kappa shape index (κ1) is 22.6. The quantitative estimate of drug-likeness (QED) is 0.408. The lowest BCUT2D eigenvalue weighted by molar-refractivity contribution is 0.103. The summed E-state index contributed by atoms with van der Waals surface area (Å²) in [7, 11) is 0. The maximum Gasteiger partial charge on any atom is 0.200 e. The molecule has 1 unspecified atom stereocenters. The van der Waals surface area contributed by atoms with E-state index in [1.807, 2.05) is 30.3 Å². The normalized spacial score (nSPS) is 16.8. The van der Waals surface area contributed by atoms with Gasteiger partial charge in [-0.3, -0.25) is 9.69 Å². The van der Waals surface area contributed by atoms with Gasteiger partial charge >= 0.3 is 0 Å². The lowest BCUT2D eigenvalue weighted by Crippen LogP contribution is -2.41. The molecule has 0 spiro atoms. The van der Waals surface area contributed by atoms with E-state index in [9.17, 15) is 4.79 Å². The molecule has 1 fully saturated rings. The van der Waals surface area contributed by atoms with E-state index in [0.717, 1.165) is 41.1 Å². The highest BCUT2D eigenvalue weighted by atomic mass is 79.9. The zero-order chi connectivity index (χ0) is 22.7. The molecular weight excluding hydrogens is 468 g/mol. The second-order valence-corrected chi connectivity index (χ2v) is 9.30. The van der Waals surface area contributed by atoms with Gasteiger partial charge < -0.3 is 14.8 Å². The fourth-order valence-corrected chi connectivity index (χ4v) is 4.49. The number of H-pyrrole nitrogens is 1. The summed E-state index contributed by atoms with van der Waals surface area (Å²) in [6, 6.07) is 10.1. The first-order valence-corrected chi connectivity index (χ1v) is 11.9. The minimum absolute atomic E-state index is 0.126. The van der Waals surface area contributed by atoms with E-state index < -0.39 is 0 Å². The van der Waals surface area contributed by atoms with Crippen LogP contribution in [0.1, 0.15) is 53.6 Å². The summed E-state index contributed by atoms with van der Waals surface area (Å²) in [6.45, 7) is 11.2. The van der Waals surface area contributed by atoms with Crippen LogP contribution in [-0.4, -0.2) is 46.5 Å². The van der Waals surface area contributed by atoms with Crippen molar-refractivity contribution >= 4 is 27.4 Å². The molecule has 1 saturated heterocycles. The van der Waals surface area contributed by atoms with Crippen LogP contribution in [0.4, 0.5) is 0 Å². The lowest BCUT2D eigenvalue weighted by Gasteiger charge is -2.33. The second kappa shape index (κ2) is 9.88. The number of carbonyl (C=O) groups is 1. The summed E-state index contributed by atoms with van der Waals surface area (Å²) in [5.74, 6) is 0.377. The fourth-order valence-electron chi connectivity index (χ4n) is 4.22. The van der Waals surface area contributed by atoms with Gasteiger partial charge in [-0.2, -0.15) is 0 Å². The highest BCUT2D eigenvalue weighted by Crippen LogP contribution is 2.29. The van der Waals surface area contributed by atoms with Crippen LogP contribution in [0.25, 0.3) is 17.0 Å². The van der Waals surface area contributed by atoms with E-state index >= 15 is 0 Å². The Bertz CT molecular complexity index is 1100. The molecule has 7 heteroatoms. The Morgan fingerprint density at radius 1 is 1.34 bits per heavy atom. The van der Waals surface area contributed by atoms with Crippen LogP contribution < -0.4 is 5.32 Å². The number of nitrogens with one attached hydrogen (secondary N) is 2. The SMILES string of the molecule is C=C(NCCN1CCCCC1C)c1cc(C(=O)c2c(-c3ccc(Br)cc3)noc2C)c[nH]1. The molecule has 1 aliphatic rings. The van der Waals surface area contributed by atoms with Crippen molar-refractivity contribution in [2.24, 2.45) is 0 Å². The average Bonchev–Trinajstić information content (AvgIpc) is 3.42. The highest BCUT2D eigenvalue weighted by Gasteiger charge is 2.24. The second-order valence-electron chi connectivity index (χ2n) is 8.39. The third-order valence-corrected chi connectivity index (χ3v) is 6.68. The molecule has 0 radical (unpaired) electrons. The summed E-state index contributed by atoms with van der Waals surface area (Å²) in [5, 5.41) is 7.53. The molecule has 32 heavy (non-hydrogen) atoms. The molecule has 6 nitrogen and oxygen atoms in total. The first-order valence-electron chi connectivity index (χ1n) is 11.1. The average molecular weight is 497 g/mol. The van der Waals surface area contributed by atoms with Gasteiger partial charge in [-0.05, 0) is 51.4 Å². The van der Waals surface area contributed by atoms with E-state index in [2.05, 4.69) is 49.8 Å². The van der Waals surface area contributed by atoms with Gasteiger partial charge in [0.15, 0.2) is 5.78 Å². The third kappa shape index (κ3) is 4.89. The van der Waals surface area contributed by atoms with E-state index in [1.54, 1.807) is 13.1 Å². The molecule has 168 valence electrons. The molecule has 1 aliphatic heterocycles. The number of carbonyl (C=O) groups excluding carboxylic acids is 1. The number of hydrogen-bond acceptors (Lipinski definition) is 5. The molecule has 1 aromatic carbocycles. The molecule has 0 bridgehead atoms. The number of rotatable bonds is 8. The lowest BCUT2D eigenvalue weighted by atomic mass is 9.99. The maximum absolute atomic E-state index is 13.3. The smallest absolute Gasteiger partial charge is 0.200 e. The zero-order valence-electron chi connectivity index (χ0n) is 18.6. The number of aromatic amines is 1. The van der Waals surface area contributed by atoms with Crippen molar-refractivity contribution in [2.45, 2.75) is 39.2 Å². The predicted molar refractivity (Wildman–Crippen MR) is 131 cm³/mol. The predicted octanol–water partition coefficient (Wildman–Crippen LogP) is 5.41. The van der Waals surface area contributed by atoms with Gasteiger partial charge in [-0.25, -0.2) is 0 Å². The number of aromatic nitrogens is 2. The van der Waals surface area contributed by atoms with E-state index in [1.165, 1.54) is 19.3 Å². The maximum atomic E-state index is 13.3. The number of aryl methyl sites for hydroxylation is 1. The van der Waals surface area contributed by atoms with Gasteiger partial charge in [0.2, 0.25) is 0 Å². The number of piperidine rings is 1. The Labute approximate surface area is 197 Å². The van der Waals surface area contributed by atoms with Crippen LogP contribution in [-0.2, 0) is 0 Å². The molecule has 1 atom stereocenters. The molecule has 0 saturated carbocycles. The van der Waals surface area contributed by atoms with E-state index in [0.29, 0.717) is 28.6 Å². The molecule has 2 aromatic heterocycles. The Balaban J connectivity index is 1.43. The van der Waals surface area contributed by atoms with Crippen LogP contribution in [0.3, 0.4) is 0 Å². The summed E-state index contributed by atoms with van der Waals surface area (Å²) < 4.78 is 6.33. The summed E-state index contributed by atoms with van der Waals surface area (Å²) in [5.41, 5.74) is 4.01. The molecule has 3 heterocycles. The number of benzene rings is 1. The number of hydrogen-bond donors (Lipinski definition) is 2. The van der Waals surface area contributed by atoms with Gasteiger partial charge in [0.1, 0.15) is 11.5 Å². The minimum Gasteiger partial charge on any atom is -0.383 e. The standard InChI is InChI=1S/C25H29BrN4O2/c1-16-6-4-5-12-30(16)13-11-27-17(2)22-14-20(15-28-22)25(31)23-18(3)32-29-24(23)19-7-9-21(26)10-8-19/h7-10,14-16,27-28H,2,4-6,11-13H2,1,3H3. The summed E-state index contributed by atoms with van der Waals surface area (Å²) >= 11 is 3.44. The Kier molecular flexibility index (Phi) is 6.96. The number of halogens is 1. The molecule has 2 N–H and O–H groups in total. The largest absolute Gasteiger partial charge is 0.383 e. The number of nitrogens with zero attached hydrogens (tertiary/aromatic N) is 2. The summed E-state index contributed by atoms with van der Waals surface area (Å²) in [6.07, 6.45) is 5.59. The van der Waals surface area contributed by atoms with Crippen molar-refractivity contribution in [3.8, 4) is 11.3 Å². The van der Waals surface area contributed by atoms with Crippen molar-refractivity contribution in [1.82, 2.24) is 20.4 Å². The number of ketones is 1. The molecule has 0 amide bonds. The Morgan fingerprint density at radius 2 is 2.12 bits per heavy atom.